The third kappa shape index (κ3) is 5.54. The summed E-state index contributed by atoms with van der Waals surface area (Å²) in [5.41, 5.74) is 18.2. The molecule has 3 heterocycles. The van der Waals surface area contributed by atoms with Crippen LogP contribution in [0.25, 0.3) is 11.1 Å². The molecule has 3 aliphatic heterocycles. The van der Waals surface area contributed by atoms with Gasteiger partial charge < -0.3 is 9.80 Å². The molecule has 0 unspecified atom stereocenters. The molecule has 0 spiro atoms. The summed E-state index contributed by atoms with van der Waals surface area (Å²) < 4.78 is 0. The van der Waals surface area contributed by atoms with Crippen LogP contribution in [0.15, 0.2) is 182 Å². The second kappa shape index (κ2) is 13.6. The molecule has 0 saturated heterocycles. The van der Waals surface area contributed by atoms with Crippen LogP contribution in [0.5, 0.6) is 0 Å². The Morgan fingerprint density at radius 3 is 1.61 bits per heavy atom. The van der Waals surface area contributed by atoms with E-state index in [4.69, 9.17) is 0 Å². The number of anilines is 6. The van der Waals surface area contributed by atoms with Crippen LogP contribution in [0.3, 0.4) is 0 Å². The molecule has 11 rings (SSSR count). The van der Waals surface area contributed by atoms with E-state index in [1.165, 1.54) is 99.1 Å². The molecule has 0 N–H and O–H groups in total. The Balaban J connectivity index is 1.27. The summed E-state index contributed by atoms with van der Waals surface area (Å²) >= 11 is 0. The monoisotopic (exact) mass is 802 g/mol. The molecule has 0 saturated carbocycles. The fourth-order valence-electron chi connectivity index (χ4n) is 10.8. The molecule has 0 radical (unpaired) electrons. The topological polar surface area (TPSA) is 6.48 Å². The van der Waals surface area contributed by atoms with Gasteiger partial charge in [-0.3, -0.25) is 0 Å². The van der Waals surface area contributed by atoms with Crippen molar-refractivity contribution in [2.45, 2.75) is 59.3 Å². The third-order valence-electron chi connectivity index (χ3n) is 13.8. The summed E-state index contributed by atoms with van der Waals surface area (Å²) in [5, 5.41) is 5.76. The Hall–Kier alpha value is -6.36. The summed E-state index contributed by atoms with van der Waals surface area (Å²) in [6.45, 7) is 16.3. The maximum absolute atomic E-state index is 2.76. The molecule has 0 amide bonds. The molecule has 8 aromatic rings. The molecular weight excluding hydrogens is 752 g/mol. The van der Waals surface area contributed by atoms with E-state index in [0.717, 1.165) is 0 Å². The fraction of sp³-hybridized carbons (Fsp3) is 0.158. The SMILES string of the molecule is Cc1ccc2c3c1N(c1ccccc1)c1cc4c(cc1B3c1cc(C(C)(C)C)ccc1N2c1ccc(C(C)(C)C)cc1)-c1ccccc1[Si]4(c1ccccc1)c1ccccc1. The van der Waals surface area contributed by atoms with Crippen molar-refractivity contribution < 1.29 is 0 Å². The van der Waals surface area contributed by atoms with Crippen LogP contribution in [0, 0.1) is 6.92 Å². The lowest BCUT2D eigenvalue weighted by Crippen LogP contribution is -2.73. The maximum Gasteiger partial charge on any atom is 0.252 e. The van der Waals surface area contributed by atoms with Crippen LogP contribution in [0.2, 0.25) is 0 Å². The second-order valence-corrected chi connectivity index (χ2v) is 23.1. The number of aryl methyl sites for hydroxylation is 1. The summed E-state index contributed by atoms with van der Waals surface area (Å²) in [5.74, 6) is 0. The van der Waals surface area contributed by atoms with Crippen LogP contribution < -0.4 is 46.9 Å². The van der Waals surface area contributed by atoms with E-state index in [9.17, 15) is 0 Å². The van der Waals surface area contributed by atoms with Crippen LogP contribution >= 0.6 is 0 Å². The van der Waals surface area contributed by atoms with Gasteiger partial charge in [-0.1, -0.05) is 181 Å². The van der Waals surface area contributed by atoms with E-state index in [-0.39, 0.29) is 17.5 Å². The van der Waals surface area contributed by atoms with Crippen molar-refractivity contribution in [1.29, 1.82) is 0 Å². The van der Waals surface area contributed by atoms with Gasteiger partial charge in [0.05, 0.1) is 0 Å². The number of para-hydroxylation sites is 1. The minimum atomic E-state index is -2.76. The van der Waals surface area contributed by atoms with Gasteiger partial charge in [0, 0.05) is 34.1 Å². The van der Waals surface area contributed by atoms with Crippen molar-refractivity contribution in [3.05, 3.63) is 199 Å². The van der Waals surface area contributed by atoms with Crippen molar-refractivity contribution in [2.75, 3.05) is 9.80 Å². The van der Waals surface area contributed by atoms with Crippen LogP contribution in [0.4, 0.5) is 34.1 Å². The molecular formula is C57H51BN2Si. The largest absolute Gasteiger partial charge is 0.311 e. The van der Waals surface area contributed by atoms with Crippen molar-refractivity contribution >= 4 is 86.0 Å². The summed E-state index contributed by atoms with van der Waals surface area (Å²) in [4.78, 5) is 5.15. The van der Waals surface area contributed by atoms with Crippen LogP contribution in [0.1, 0.15) is 58.2 Å². The lowest BCUT2D eigenvalue weighted by Gasteiger charge is -2.45. The number of nitrogens with zero attached hydrogens (tertiary/aromatic N) is 2. The van der Waals surface area contributed by atoms with Crippen LogP contribution in [-0.2, 0) is 10.8 Å². The predicted molar refractivity (Wildman–Crippen MR) is 265 cm³/mol. The quantitative estimate of drug-likeness (QED) is 0.164. The third-order valence-corrected chi connectivity index (χ3v) is 18.6. The summed E-state index contributed by atoms with van der Waals surface area (Å²) in [7, 11) is -2.76. The molecule has 0 aromatic heterocycles. The van der Waals surface area contributed by atoms with Crippen LogP contribution in [-0.4, -0.2) is 14.8 Å². The zero-order valence-corrected chi connectivity index (χ0v) is 37.3. The van der Waals surface area contributed by atoms with Crippen molar-refractivity contribution in [3.63, 3.8) is 0 Å². The fourth-order valence-corrected chi connectivity index (χ4v) is 16.0. The zero-order chi connectivity index (χ0) is 41.8. The van der Waals surface area contributed by atoms with Gasteiger partial charge in [0.15, 0.2) is 8.07 Å². The van der Waals surface area contributed by atoms with Crippen molar-refractivity contribution in [2.24, 2.45) is 0 Å². The Labute approximate surface area is 363 Å². The molecule has 296 valence electrons. The van der Waals surface area contributed by atoms with E-state index >= 15 is 0 Å². The van der Waals surface area contributed by atoms with E-state index in [1.807, 2.05) is 0 Å². The Morgan fingerprint density at radius 2 is 0.967 bits per heavy atom. The Kier molecular flexibility index (Phi) is 8.37. The van der Waals surface area contributed by atoms with E-state index < -0.39 is 8.07 Å². The first-order valence-corrected chi connectivity index (χ1v) is 23.9. The smallest absolute Gasteiger partial charge is 0.252 e. The lowest BCUT2D eigenvalue weighted by atomic mass is 9.33. The van der Waals surface area contributed by atoms with Gasteiger partial charge in [0.25, 0.3) is 6.71 Å². The van der Waals surface area contributed by atoms with E-state index in [2.05, 4.69) is 240 Å². The van der Waals surface area contributed by atoms with Crippen molar-refractivity contribution in [3.8, 4) is 11.1 Å². The number of rotatable bonds is 4. The number of fused-ring (bicyclic) bond motifs is 7. The Morgan fingerprint density at radius 1 is 0.426 bits per heavy atom. The van der Waals surface area contributed by atoms with Gasteiger partial charge >= 0.3 is 0 Å². The summed E-state index contributed by atoms with van der Waals surface area (Å²) in [6, 6.07) is 69.9. The molecule has 0 bridgehead atoms. The molecule has 8 aromatic carbocycles. The Bertz CT molecular complexity index is 2960. The standard InChI is InChI=1S/C57H51BN2Si/c1-38-27-33-50-54-55(38)60(41-19-11-8-12-20-41)51-37-53-46(45-25-17-18-26-52(45)61(53,43-21-13-9-14-22-43)44-23-15-10-16-24-44)36-48(51)58(54)47-35-40(57(5,6)7)30-34-49(47)59(50)42-31-28-39(29-32-42)56(2,3)4/h8-37H,1-7H3. The maximum atomic E-state index is 2.64. The van der Waals surface area contributed by atoms with E-state index in [1.54, 1.807) is 0 Å². The van der Waals surface area contributed by atoms with Gasteiger partial charge in [-0.25, -0.2) is 0 Å². The average Bonchev–Trinajstić information content (AvgIpc) is 3.56. The molecule has 61 heavy (non-hydrogen) atoms. The highest BCUT2D eigenvalue weighted by Gasteiger charge is 2.51. The lowest BCUT2D eigenvalue weighted by molar-refractivity contribution is 0.590. The number of benzene rings is 8. The molecule has 3 aliphatic rings. The highest BCUT2D eigenvalue weighted by Crippen LogP contribution is 2.46. The van der Waals surface area contributed by atoms with Crippen molar-refractivity contribution in [1.82, 2.24) is 0 Å². The highest BCUT2D eigenvalue weighted by molar-refractivity contribution is 7.22. The molecule has 0 aliphatic carbocycles. The number of hydrogen-bond donors (Lipinski definition) is 0. The normalized spacial score (nSPS) is 14.5. The predicted octanol–water partition coefficient (Wildman–Crippen LogP) is 10.0. The summed E-state index contributed by atoms with van der Waals surface area (Å²) in [6.07, 6.45) is 0. The number of hydrogen-bond acceptors (Lipinski definition) is 2. The molecule has 0 atom stereocenters. The first-order chi connectivity index (χ1) is 29.5. The molecule has 2 nitrogen and oxygen atoms in total. The van der Waals surface area contributed by atoms with Gasteiger partial charge in [-0.2, -0.15) is 0 Å². The second-order valence-electron chi connectivity index (χ2n) is 19.4. The first-order valence-electron chi connectivity index (χ1n) is 21.9. The minimum absolute atomic E-state index is 0.0184. The van der Waals surface area contributed by atoms with Gasteiger partial charge in [-0.05, 0) is 125 Å². The van der Waals surface area contributed by atoms with E-state index in [0.29, 0.717) is 0 Å². The molecule has 0 fully saturated rings. The zero-order valence-electron chi connectivity index (χ0n) is 36.3. The minimum Gasteiger partial charge on any atom is -0.311 e. The van der Waals surface area contributed by atoms with Gasteiger partial charge in [-0.15, -0.1) is 0 Å². The molecule has 4 heteroatoms. The average molecular weight is 803 g/mol. The van der Waals surface area contributed by atoms with Gasteiger partial charge in [0.2, 0.25) is 0 Å². The van der Waals surface area contributed by atoms with Gasteiger partial charge in [0.1, 0.15) is 0 Å². The first kappa shape index (κ1) is 37.6. The highest BCUT2D eigenvalue weighted by atomic mass is 28.3.